The van der Waals surface area contributed by atoms with Gasteiger partial charge in [0.25, 0.3) is 0 Å². The van der Waals surface area contributed by atoms with E-state index >= 15 is 0 Å². The van der Waals surface area contributed by atoms with E-state index in [1.165, 1.54) is 4.90 Å². The SMILES string of the molecule is C=C1CCCN([C@H](C(=O)O)c2ccccc2)C1=O. The molecule has 1 saturated heterocycles. The van der Waals surface area contributed by atoms with Gasteiger partial charge in [-0.15, -0.1) is 0 Å². The summed E-state index contributed by atoms with van der Waals surface area (Å²) in [6, 6.07) is 7.89. The zero-order valence-electron chi connectivity index (χ0n) is 10.0. The fourth-order valence-corrected chi connectivity index (χ4v) is 2.21. The van der Waals surface area contributed by atoms with Gasteiger partial charge in [0.05, 0.1) is 0 Å². The Morgan fingerprint density at radius 3 is 2.61 bits per heavy atom. The number of nitrogens with zero attached hydrogens (tertiary/aromatic N) is 1. The quantitative estimate of drug-likeness (QED) is 0.828. The highest BCUT2D eigenvalue weighted by molar-refractivity contribution is 5.96. The molecule has 1 aliphatic rings. The Morgan fingerprint density at radius 2 is 2.00 bits per heavy atom. The lowest BCUT2D eigenvalue weighted by molar-refractivity contribution is -0.150. The first kappa shape index (κ1) is 12.4. The number of piperidine rings is 1. The van der Waals surface area contributed by atoms with E-state index in [0.717, 1.165) is 6.42 Å². The van der Waals surface area contributed by atoms with Crippen molar-refractivity contribution in [1.82, 2.24) is 4.90 Å². The zero-order valence-corrected chi connectivity index (χ0v) is 10.0. The first-order valence-corrected chi connectivity index (χ1v) is 5.88. The largest absolute Gasteiger partial charge is 0.479 e. The van der Waals surface area contributed by atoms with Gasteiger partial charge >= 0.3 is 5.97 Å². The highest BCUT2D eigenvalue weighted by Crippen LogP contribution is 2.27. The summed E-state index contributed by atoms with van der Waals surface area (Å²) in [6.45, 7) is 4.16. The van der Waals surface area contributed by atoms with Crippen LogP contribution in [0.5, 0.6) is 0 Å². The van der Waals surface area contributed by atoms with Crippen molar-refractivity contribution in [3.8, 4) is 0 Å². The number of likely N-dealkylation sites (tertiary alicyclic amines) is 1. The number of hydrogen-bond donors (Lipinski definition) is 1. The molecule has 1 atom stereocenters. The van der Waals surface area contributed by atoms with Crippen LogP contribution in [0.3, 0.4) is 0 Å². The molecule has 18 heavy (non-hydrogen) atoms. The van der Waals surface area contributed by atoms with E-state index in [-0.39, 0.29) is 5.91 Å². The molecule has 1 fully saturated rings. The molecule has 4 heteroatoms. The average molecular weight is 245 g/mol. The van der Waals surface area contributed by atoms with Crippen molar-refractivity contribution in [1.29, 1.82) is 0 Å². The van der Waals surface area contributed by atoms with Crippen molar-refractivity contribution in [2.75, 3.05) is 6.54 Å². The second kappa shape index (κ2) is 5.04. The summed E-state index contributed by atoms with van der Waals surface area (Å²) in [5.74, 6) is -1.26. The molecular weight excluding hydrogens is 230 g/mol. The third-order valence-corrected chi connectivity index (χ3v) is 3.10. The number of carboxylic acid groups (broad SMARTS) is 1. The summed E-state index contributed by atoms with van der Waals surface area (Å²) >= 11 is 0. The van der Waals surface area contributed by atoms with E-state index < -0.39 is 12.0 Å². The van der Waals surface area contributed by atoms with Crippen LogP contribution >= 0.6 is 0 Å². The summed E-state index contributed by atoms with van der Waals surface area (Å²) in [5, 5.41) is 9.36. The molecule has 2 rings (SSSR count). The van der Waals surface area contributed by atoms with Gasteiger partial charge in [0.15, 0.2) is 6.04 Å². The van der Waals surface area contributed by atoms with Crippen molar-refractivity contribution >= 4 is 11.9 Å². The molecular formula is C14H15NO3. The maximum atomic E-state index is 12.0. The first-order valence-electron chi connectivity index (χ1n) is 5.88. The van der Waals surface area contributed by atoms with Crippen LogP contribution in [0.4, 0.5) is 0 Å². The van der Waals surface area contributed by atoms with E-state index in [1.54, 1.807) is 24.3 Å². The fourth-order valence-electron chi connectivity index (χ4n) is 2.21. The third-order valence-electron chi connectivity index (χ3n) is 3.10. The average Bonchev–Trinajstić information content (AvgIpc) is 2.36. The molecule has 94 valence electrons. The maximum Gasteiger partial charge on any atom is 0.331 e. The molecule has 0 spiro atoms. The van der Waals surface area contributed by atoms with Gasteiger partial charge in [-0.05, 0) is 18.4 Å². The second-order valence-electron chi connectivity index (χ2n) is 4.36. The molecule has 0 aromatic heterocycles. The standard InChI is InChI=1S/C14H15NO3/c1-10-6-5-9-15(13(10)16)12(14(17)18)11-7-3-2-4-8-11/h2-4,7-8,12H,1,5-6,9H2,(H,17,18)/t12-/m0/s1. The Labute approximate surface area is 106 Å². The summed E-state index contributed by atoms with van der Waals surface area (Å²) in [7, 11) is 0. The van der Waals surface area contributed by atoms with Crippen LogP contribution in [-0.4, -0.2) is 28.4 Å². The smallest absolute Gasteiger partial charge is 0.331 e. The van der Waals surface area contributed by atoms with E-state index in [2.05, 4.69) is 6.58 Å². The predicted octanol–water partition coefficient (Wildman–Crippen LogP) is 1.99. The van der Waals surface area contributed by atoms with Crippen LogP contribution in [0, 0.1) is 0 Å². The van der Waals surface area contributed by atoms with Gasteiger partial charge in [-0.1, -0.05) is 36.9 Å². The van der Waals surface area contributed by atoms with Crippen LogP contribution in [-0.2, 0) is 9.59 Å². The van der Waals surface area contributed by atoms with Crippen LogP contribution < -0.4 is 0 Å². The predicted molar refractivity (Wildman–Crippen MR) is 66.9 cm³/mol. The Hall–Kier alpha value is -2.10. The third kappa shape index (κ3) is 2.27. The van der Waals surface area contributed by atoms with Crippen molar-refractivity contribution in [3.05, 3.63) is 48.0 Å². The summed E-state index contributed by atoms with van der Waals surface area (Å²) in [4.78, 5) is 24.8. The van der Waals surface area contributed by atoms with Gasteiger partial charge in [0.2, 0.25) is 5.91 Å². The van der Waals surface area contributed by atoms with Gasteiger partial charge in [0.1, 0.15) is 0 Å². The number of benzene rings is 1. The number of carbonyl (C=O) groups excluding carboxylic acids is 1. The van der Waals surface area contributed by atoms with Crippen LogP contribution in [0.1, 0.15) is 24.4 Å². The monoisotopic (exact) mass is 245 g/mol. The number of carbonyl (C=O) groups is 2. The highest BCUT2D eigenvalue weighted by Gasteiger charge is 2.33. The molecule has 0 unspecified atom stereocenters. The molecule has 0 radical (unpaired) electrons. The van der Waals surface area contributed by atoms with E-state index in [0.29, 0.717) is 24.1 Å². The van der Waals surface area contributed by atoms with Crippen LogP contribution in [0.2, 0.25) is 0 Å². The maximum absolute atomic E-state index is 12.0. The zero-order chi connectivity index (χ0) is 13.1. The number of hydrogen-bond acceptors (Lipinski definition) is 2. The Morgan fingerprint density at radius 1 is 1.33 bits per heavy atom. The normalized spacial score (nSPS) is 17.7. The van der Waals surface area contributed by atoms with Crippen LogP contribution in [0.15, 0.2) is 42.5 Å². The minimum Gasteiger partial charge on any atom is -0.479 e. The molecule has 1 N–H and O–H groups in total. The molecule has 0 saturated carbocycles. The van der Waals surface area contributed by atoms with Gasteiger partial charge in [-0.2, -0.15) is 0 Å². The molecule has 1 heterocycles. The highest BCUT2D eigenvalue weighted by atomic mass is 16.4. The Bertz CT molecular complexity index is 481. The van der Waals surface area contributed by atoms with Crippen molar-refractivity contribution in [2.24, 2.45) is 0 Å². The van der Waals surface area contributed by atoms with Gasteiger partial charge in [-0.3, -0.25) is 4.79 Å². The van der Waals surface area contributed by atoms with Gasteiger partial charge in [-0.25, -0.2) is 4.79 Å². The van der Waals surface area contributed by atoms with Gasteiger partial charge in [0, 0.05) is 12.1 Å². The Balaban J connectivity index is 2.34. The molecule has 1 aliphatic heterocycles. The lowest BCUT2D eigenvalue weighted by Gasteiger charge is -2.33. The summed E-state index contributed by atoms with van der Waals surface area (Å²) < 4.78 is 0. The Kier molecular flexibility index (Phi) is 3.46. The summed E-state index contributed by atoms with van der Waals surface area (Å²) in [6.07, 6.45) is 1.41. The van der Waals surface area contributed by atoms with Crippen molar-refractivity contribution in [3.63, 3.8) is 0 Å². The lowest BCUT2D eigenvalue weighted by atomic mass is 9.99. The minimum absolute atomic E-state index is 0.252. The first-order chi connectivity index (χ1) is 8.61. The van der Waals surface area contributed by atoms with E-state index in [9.17, 15) is 14.7 Å². The topological polar surface area (TPSA) is 57.6 Å². The van der Waals surface area contributed by atoms with Gasteiger partial charge < -0.3 is 10.0 Å². The van der Waals surface area contributed by atoms with Crippen LogP contribution in [0.25, 0.3) is 0 Å². The van der Waals surface area contributed by atoms with E-state index in [4.69, 9.17) is 0 Å². The molecule has 4 nitrogen and oxygen atoms in total. The molecule has 1 amide bonds. The fraction of sp³-hybridized carbons (Fsp3) is 0.286. The summed E-state index contributed by atoms with van der Waals surface area (Å²) in [5.41, 5.74) is 1.11. The molecule has 0 aliphatic carbocycles. The number of amides is 1. The molecule has 1 aromatic carbocycles. The molecule has 0 bridgehead atoms. The number of rotatable bonds is 3. The van der Waals surface area contributed by atoms with Crippen molar-refractivity contribution in [2.45, 2.75) is 18.9 Å². The second-order valence-corrected chi connectivity index (χ2v) is 4.36. The lowest BCUT2D eigenvalue weighted by Crippen LogP contribution is -2.42. The number of carboxylic acids is 1. The molecule has 1 aromatic rings. The van der Waals surface area contributed by atoms with E-state index in [1.807, 2.05) is 6.07 Å². The minimum atomic E-state index is -1.01. The van der Waals surface area contributed by atoms with Crippen molar-refractivity contribution < 1.29 is 14.7 Å². The number of aliphatic carboxylic acids is 1.